The largest absolute Gasteiger partial charge is 0.465 e. The van der Waals surface area contributed by atoms with Gasteiger partial charge in [0.2, 0.25) is 0 Å². The molecular formula is C13H18N2O2. The maximum Gasteiger partial charge on any atom is 0.340 e. The number of hydrogen-bond acceptors (Lipinski definition) is 4. The van der Waals surface area contributed by atoms with E-state index in [1.807, 2.05) is 6.07 Å². The highest BCUT2D eigenvalue weighted by Crippen LogP contribution is 2.26. The molecule has 1 fully saturated rings. The number of anilines is 2. The summed E-state index contributed by atoms with van der Waals surface area (Å²) in [5.41, 5.74) is 7.60. The average Bonchev–Trinajstić information content (AvgIpc) is 2.83. The number of esters is 1. The molecule has 0 spiro atoms. The summed E-state index contributed by atoms with van der Waals surface area (Å²) < 4.78 is 4.76. The first-order valence-corrected chi connectivity index (χ1v) is 5.95. The Morgan fingerprint density at radius 2 is 2.12 bits per heavy atom. The van der Waals surface area contributed by atoms with Crippen LogP contribution in [0.4, 0.5) is 11.4 Å². The molecule has 0 aliphatic heterocycles. The Bertz CT molecular complexity index is 412. The predicted octanol–water partition coefficient (Wildman–Crippen LogP) is 2.41. The highest BCUT2D eigenvalue weighted by molar-refractivity contribution is 5.96. The van der Waals surface area contributed by atoms with Crippen molar-refractivity contribution >= 4 is 17.3 Å². The molecule has 4 nitrogen and oxygen atoms in total. The van der Waals surface area contributed by atoms with Gasteiger partial charge in [0.1, 0.15) is 0 Å². The molecule has 0 amide bonds. The van der Waals surface area contributed by atoms with Gasteiger partial charge in [-0.25, -0.2) is 4.79 Å². The fourth-order valence-electron chi connectivity index (χ4n) is 2.26. The van der Waals surface area contributed by atoms with Crippen LogP contribution >= 0.6 is 0 Å². The van der Waals surface area contributed by atoms with E-state index in [9.17, 15) is 4.79 Å². The minimum absolute atomic E-state index is 0.349. The molecule has 0 radical (unpaired) electrons. The number of ether oxygens (including phenoxy) is 1. The lowest BCUT2D eigenvalue weighted by Gasteiger charge is -2.16. The number of hydrogen-bond donors (Lipinski definition) is 2. The fourth-order valence-corrected chi connectivity index (χ4v) is 2.26. The third-order valence-electron chi connectivity index (χ3n) is 3.16. The number of carbonyl (C=O) groups excluding carboxylic acids is 1. The van der Waals surface area contributed by atoms with Crippen LogP contribution in [0.25, 0.3) is 0 Å². The van der Waals surface area contributed by atoms with Crippen LogP contribution in [-0.4, -0.2) is 19.1 Å². The lowest BCUT2D eigenvalue weighted by Crippen LogP contribution is -2.17. The van der Waals surface area contributed by atoms with Crippen LogP contribution in [0.5, 0.6) is 0 Å². The average molecular weight is 234 g/mol. The zero-order valence-electron chi connectivity index (χ0n) is 10.0. The van der Waals surface area contributed by atoms with Crippen molar-refractivity contribution in [3.63, 3.8) is 0 Å². The number of carbonyl (C=O) groups is 1. The van der Waals surface area contributed by atoms with Crippen molar-refractivity contribution in [2.24, 2.45) is 0 Å². The first kappa shape index (κ1) is 11.8. The van der Waals surface area contributed by atoms with Crippen LogP contribution in [0, 0.1) is 0 Å². The van der Waals surface area contributed by atoms with Crippen molar-refractivity contribution in [1.29, 1.82) is 0 Å². The van der Waals surface area contributed by atoms with E-state index in [0.29, 0.717) is 17.3 Å². The molecule has 1 aromatic carbocycles. The van der Waals surface area contributed by atoms with Crippen LogP contribution in [0.3, 0.4) is 0 Å². The van der Waals surface area contributed by atoms with E-state index in [0.717, 1.165) is 18.5 Å². The summed E-state index contributed by atoms with van der Waals surface area (Å²) in [6.07, 6.45) is 4.82. The van der Waals surface area contributed by atoms with Gasteiger partial charge >= 0.3 is 5.97 Å². The zero-order chi connectivity index (χ0) is 12.3. The zero-order valence-corrected chi connectivity index (χ0v) is 10.0. The molecule has 0 saturated heterocycles. The smallest absolute Gasteiger partial charge is 0.340 e. The highest BCUT2D eigenvalue weighted by atomic mass is 16.5. The van der Waals surface area contributed by atoms with E-state index in [-0.39, 0.29) is 5.97 Å². The molecule has 0 aromatic heterocycles. The van der Waals surface area contributed by atoms with E-state index in [4.69, 9.17) is 10.5 Å². The maximum absolute atomic E-state index is 11.6. The molecule has 0 heterocycles. The van der Waals surface area contributed by atoms with Crippen LogP contribution in [0.2, 0.25) is 0 Å². The quantitative estimate of drug-likeness (QED) is 0.622. The van der Waals surface area contributed by atoms with Crippen molar-refractivity contribution in [2.45, 2.75) is 31.7 Å². The molecular weight excluding hydrogens is 216 g/mol. The van der Waals surface area contributed by atoms with Crippen LogP contribution in [-0.2, 0) is 4.74 Å². The lowest BCUT2D eigenvalue weighted by molar-refractivity contribution is 0.0602. The molecule has 0 atom stereocenters. The summed E-state index contributed by atoms with van der Waals surface area (Å²) in [4.78, 5) is 11.6. The minimum Gasteiger partial charge on any atom is -0.465 e. The summed E-state index contributed by atoms with van der Waals surface area (Å²) in [6, 6.07) is 5.76. The van der Waals surface area contributed by atoms with Gasteiger partial charge in [-0.1, -0.05) is 12.8 Å². The molecule has 2 rings (SSSR count). The molecule has 0 unspecified atom stereocenters. The minimum atomic E-state index is -0.349. The van der Waals surface area contributed by atoms with Crippen molar-refractivity contribution < 1.29 is 9.53 Å². The molecule has 1 aliphatic rings. The Morgan fingerprint density at radius 3 is 2.76 bits per heavy atom. The van der Waals surface area contributed by atoms with E-state index >= 15 is 0 Å². The highest BCUT2D eigenvalue weighted by Gasteiger charge is 2.18. The molecule has 0 bridgehead atoms. The number of rotatable bonds is 3. The summed E-state index contributed by atoms with van der Waals surface area (Å²) in [5, 5.41) is 3.40. The van der Waals surface area contributed by atoms with E-state index in [1.54, 1.807) is 12.1 Å². The van der Waals surface area contributed by atoms with E-state index in [2.05, 4.69) is 5.32 Å². The fraction of sp³-hybridized carbons (Fsp3) is 0.462. The van der Waals surface area contributed by atoms with E-state index < -0.39 is 0 Å². The molecule has 3 N–H and O–H groups in total. The summed E-state index contributed by atoms with van der Waals surface area (Å²) in [5.74, 6) is -0.349. The molecule has 1 aliphatic carbocycles. The molecule has 1 saturated carbocycles. The summed E-state index contributed by atoms with van der Waals surface area (Å²) >= 11 is 0. The summed E-state index contributed by atoms with van der Waals surface area (Å²) in [7, 11) is 1.38. The second-order valence-corrected chi connectivity index (χ2v) is 4.42. The van der Waals surface area contributed by atoms with Gasteiger partial charge in [0, 0.05) is 17.4 Å². The van der Waals surface area contributed by atoms with Gasteiger partial charge < -0.3 is 15.8 Å². The number of nitrogens with two attached hydrogens (primary N) is 1. The monoisotopic (exact) mass is 234 g/mol. The van der Waals surface area contributed by atoms with Gasteiger partial charge in [-0.15, -0.1) is 0 Å². The Labute approximate surface area is 101 Å². The first-order valence-electron chi connectivity index (χ1n) is 5.95. The van der Waals surface area contributed by atoms with Gasteiger partial charge in [-0.3, -0.25) is 0 Å². The lowest BCUT2D eigenvalue weighted by atomic mass is 10.1. The predicted molar refractivity (Wildman–Crippen MR) is 68.1 cm³/mol. The Hall–Kier alpha value is -1.71. The van der Waals surface area contributed by atoms with Crippen LogP contribution in [0.1, 0.15) is 36.0 Å². The van der Waals surface area contributed by atoms with Gasteiger partial charge in [-0.2, -0.15) is 0 Å². The van der Waals surface area contributed by atoms with E-state index in [1.165, 1.54) is 20.0 Å². The number of methoxy groups -OCH3 is 1. The van der Waals surface area contributed by atoms with Gasteiger partial charge in [-0.05, 0) is 31.0 Å². The topological polar surface area (TPSA) is 64.3 Å². The van der Waals surface area contributed by atoms with Crippen LogP contribution < -0.4 is 11.1 Å². The number of nitrogen functional groups attached to an aromatic ring is 1. The molecule has 1 aromatic rings. The van der Waals surface area contributed by atoms with Gasteiger partial charge in [0.05, 0.1) is 12.7 Å². The number of nitrogens with one attached hydrogen (secondary N) is 1. The number of benzene rings is 1. The van der Waals surface area contributed by atoms with Crippen molar-refractivity contribution in [2.75, 3.05) is 18.2 Å². The van der Waals surface area contributed by atoms with Crippen LogP contribution in [0.15, 0.2) is 18.2 Å². The van der Waals surface area contributed by atoms with Crippen molar-refractivity contribution in [1.82, 2.24) is 0 Å². The molecule has 17 heavy (non-hydrogen) atoms. The van der Waals surface area contributed by atoms with Gasteiger partial charge in [0.25, 0.3) is 0 Å². The summed E-state index contributed by atoms with van der Waals surface area (Å²) in [6.45, 7) is 0. The standard InChI is InChI=1S/C13H18N2O2/c1-17-13(16)11-8-9(14)6-7-12(11)15-10-4-2-3-5-10/h6-8,10,15H,2-5,14H2,1H3. The third kappa shape index (κ3) is 2.70. The van der Waals surface area contributed by atoms with Gasteiger partial charge in [0.15, 0.2) is 0 Å². The second kappa shape index (κ2) is 5.08. The van der Waals surface area contributed by atoms with Crippen molar-refractivity contribution in [3.05, 3.63) is 23.8 Å². The maximum atomic E-state index is 11.6. The normalized spacial score (nSPS) is 15.8. The Balaban J connectivity index is 2.22. The Morgan fingerprint density at radius 1 is 1.41 bits per heavy atom. The Kier molecular flexibility index (Phi) is 3.52. The second-order valence-electron chi connectivity index (χ2n) is 4.42. The first-order chi connectivity index (χ1) is 8.20. The molecule has 4 heteroatoms. The SMILES string of the molecule is COC(=O)c1cc(N)ccc1NC1CCCC1. The van der Waals surface area contributed by atoms with Crippen molar-refractivity contribution in [3.8, 4) is 0 Å². The molecule has 92 valence electrons. The third-order valence-corrected chi connectivity index (χ3v) is 3.16.